The van der Waals surface area contributed by atoms with E-state index in [-0.39, 0.29) is 22.0 Å². The van der Waals surface area contributed by atoms with E-state index >= 15 is 0 Å². The molecule has 0 aliphatic rings. The molecule has 0 unspecified atom stereocenters. The molecule has 0 bridgehead atoms. The molecule has 0 aliphatic carbocycles. The number of carbonyl (C=O) groups is 1. The van der Waals surface area contributed by atoms with E-state index in [2.05, 4.69) is 15.6 Å². The Bertz CT molecular complexity index is 1100. The van der Waals surface area contributed by atoms with Crippen LogP contribution in [0.4, 0.5) is 26.2 Å². The molecule has 26 heavy (non-hydrogen) atoms. The Kier molecular flexibility index (Phi) is 4.52. The Hall–Kier alpha value is -3.13. The molecule has 0 spiro atoms. The second kappa shape index (κ2) is 6.64. The van der Waals surface area contributed by atoms with Crippen LogP contribution in [0.2, 0.25) is 5.02 Å². The fraction of sp³-hybridized carbons (Fsp3) is 0.118. The Morgan fingerprint density at radius 1 is 1.27 bits per heavy atom. The quantitative estimate of drug-likeness (QED) is 0.644. The number of carboxylic acid groups (broad SMARTS) is 1. The van der Waals surface area contributed by atoms with Crippen LogP contribution < -0.4 is 16.2 Å². The number of aryl methyl sites for hydroxylation is 2. The van der Waals surface area contributed by atoms with Gasteiger partial charge in [0, 0.05) is 12.7 Å². The van der Waals surface area contributed by atoms with E-state index in [4.69, 9.17) is 16.7 Å². The number of fused-ring (bicyclic) bond motifs is 1. The predicted octanol–water partition coefficient (Wildman–Crippen LogP) is 3.87. The molecule has 1 aromatic heterocycles. The highest BCUT2D eigenvalue weighted by molar-refractivity contribution is 6.36. The second-order valence-electron chi connectivity index (χ2n) is 5.63. The molecule has 0 fully saturated rings. The SMILES string of the molecule is Cc1c(Nc2c(F)ccc(NC(=O)O)c2Cl)ccc2ncn(C)c(=O)c12. The molecule has 9 heteroatoms. The molecule has 3 rings (SSSR count). The van der Waals surface area contributed by atoms with E-state index in [0.29, 0.717) is 22.2 Å². The first-order chi connectivity index (χ1) is 12.3. The van der Waals surface area contributed by atoms with E-state index < -0.39 is 11.9 Å². The van der Waals surface area contributed by atoms with Crippen molar-refractivity contribution in [2.24, 2.45) is 7.05 Å². The summed E-state index contributed by atoms with van der Waals surface area (Å²) in [4.78, 5) is 27.4. The molecule has 0 aliphatic heterocycles. The van der Waals surface area contributed by atoms with Gasteiger partial charge in [-0.2, -0.15) is 0 Å². The van der Waals surface area contributed by atoms with Crippen molar-refractivity contribution in [1.82, 2.24) is 9.55 Å². The number of rotatable bonds is 3. The van der Waals surface area contributed by atoms with Gasteiger partial charge < -0.3 is 15.0 Å². The molecular weight excluding hydrogens is 363 g/mol. The van der Waals surface area contributed by atoms with Crippen LogP contribution in [-0.2, 0) is 7.05 Å². The minimum Gasteiger partial charge on any atom is -0.465 e. The first-order valence-corrected chi connectivity index (χ1v) is 7.87. The summed E-state index contributed by atoms with van der Waals surface area (Å²) in [6, 6.07) is 5.61. The first-order valence-electron chi connectivity index (χ1n) is 7.49. The van der Waals surface area contributed by atoms with E-state index in [1.54, 1.807) is 26.1 Å². The highest BCUT2D eigenvalue weighted by Gasteiger charge is 2.16. The lowest BCUT2D eigenvalue weighted by Crippen LogP contribution is -2.18. The number of benzene rings is 2. The average molecular weight is 377 g/mol. The minimum absolute atomic E-state index is 0.0408. The maximum absolute atomic E-state index is 14.2. The third kappa shape index (κ3) is 3.06. The van der Waals surface area contributed by atoms with E-state index in [0.717, 1.165) is 6.07 Å². The number of hydrogen-bond donors (Lipinski definition) is 3. The molecule has 3 N–H and O–H groups in total. The predicted molar refractivity (Wildman–Crippen MR) is 98.1 cm³/mol. The standard InChI is InChI=1S/C17H14ClFN4O3/c1-8-10(5-6-11-13(8)16(24)23(2)7-20-11)21-15-9(19)3-4-12(14(15)18)22-17(25)26/h3-7,21-22H,1-2H3,(H,25,26). The zero-order valence-corrected chi connectivity index (χ0v) is 14.6. The Morgan fingerprint density at radius 2 is 1.96 bits per heavy atom. The molecule has 0 atom stereocenters. The molecule has 2 aromatic carbocycles. The summed E-state index contributed by atoms with van der Waals surface area (Å²) >= 11 is 6.13. The van der Waals surface area contributed by atoms with Crippen molar-refractivity contribution >= 4 is 45.7 Å². The van der Waals surface area contributed by atoms with E-state index in [1.165, 1.54) is 17.0 Å². The van der Waals surface area contributed by atoms with Crippen LogP contribution in [0.3, 0.4) is 0 Å². The second-order valence-corrected chi connectivity index (χ2v) is 6.01. The van der Waals surface area contributed by atoms with Gasteiger partial charge in [0.2, 0.25) is 0 Å². The maximum atomic E-state index is 14.2. The van der Waals surface area contributed by atoms with Gasteiger partial charge in [-0.1, -0.05) is 11.6 Å². The van der Waals surface area contributed by atoms with Gasteiger partial charge in [-0.05, 0) is 36.8 Å². The highest BCUT2D eigenvalue weighted by atomic mass is 35.5. The average Bonchev–Trinajstić information content (AvgIpc) is 2.59. The number of aromatic nitrogens is 2. The van der Waals surface area contributed by atoms with Crippen molar-refractivity contribution < 1.29 is 14.3 Å². The summed E-state index contributed by atoms with van der Waals surface area (Å²) in [6.07, 6.45) is 0.107. The maximum Gasteiger partial charge on any atom is 0.409 e. The fourth-order valence-corrected chi connectivity index (χ4v) is 2.85. The summed E-state index contributed by atoms with van der Waals surface area (Å²) < 4.78 is 15.6. The van der Waals surface area contributed by atoms with Crippen LogP contribution in [0.15, 0.2) is 35.4 Å². The van der Waals surface area contributed by atoms with Crippen molar-refractivity contribution in [3.63, 3.8) is 0 Å². The van der Waals surface area contributed by atoms with E-state index in [1.807, 2.05) is 0 Å². The Labute approximate surface area is 152 Å². The van der Waals surface area contributed by atoms with Gasteiger partial charge in [0.05, 0.1) is 33.6 Å². The van der Waals surface area contributed by atoms with Gasteiger partial charge in [0.25, 0.3) is 5.56 Å². The summed E-state index contributed by atoms with van der Waals surface area (Å²) in [5.41, 5.74) is 1.26. The van der Waals surface area contributed by atoms with Gasteiger partial charge in [-0.25, -0.2) is 14.2 Å². The number of nitrogens with one attached hydrogen (secondary N) is 2. The molecule has 1 amide bonds. The minimum atomic E-state index is -1.32. The van der Waals surface area contributed by atoms with Crippen molar-refractivity contribution in [3.05, 3.63) is 57.3 Å². The number of hydrogen-bond acceptors (Lipinski definition) is 4. The molecule has 1 heterocycles. The van der Waals surface area contributed by atoms with Crippen molar-refractivity contribution in [3.8, 4) is 0 Å². The summed E-state index contributed by atoms with van der Waals surface area (Å²) in [7, 11) is 1.59. The third-order valence-electron chi connectivity index (χ3n) is 3.94. The molecule has 7 nitrogen and oxygen atoms in total. The van der Waals surface area contributed by atoms with Crippen LogP contribution in [0.25, 0.3) is 10.9 Å². The monoisotopic (exact) mass is 376 g/mol. The number of nitrogens with zero attached hydrogens (tertiary/aromatic N) is 2. The molecule has 134 valence electrons. The van der Waals surface area contributed by atoms with Crippen molar-refractivity contribution in [2.75, 3.05) is 10.6 Å². The zero-order chi connectivity index (χ0) is 19.0. The van der Waals surface area contributed by atoms with Crippen LogP contribution in [0.1, 0.15) is 5.56 Å². The van der Waals surface area contributed by atoms with Crippen LogP contribution in [-0.4, -0.2) is 20.8 Å². The number of halogens is 2. The van der Waals surface area contributed by atoms with E-state index in [9.17, 15) is 14.0 Å². The zero-order valence-electron chi connectivity index (χ0n) is 13.8. The molecule has 3 aromatic rings. The fourth-order valence-electron chi connectivity index (χ4n) is 2.60. The van der Waals surface area contributed by atoms with Gasteiger partial charge in [-0.3, -0.25) is 10.1 Å². The highest BCUT2D eigenvalue weighted by Crippen LogP contribution is 2.36. The van der Waals surface area contributed by atoms with Crippen molar-refractivity contribution in [2.45, 2.75) is 6.92 Å². The molecule has 0 radical (unpaired) electrons. The lowest BCUT2D eigenvalue weighted by molar-refractivity contribution is 0.209. The van der Waals surface area contributed by atoms with Crippen LogP contribution in [0.5, 0.6) is 0 Å². The lowest BCUT2D eigenvalue weighted by Gasteiger charge is -2.15. The molecular formula is C17H14ClFN4O3. The van der Waals surface area contributed by atoms with Gasteiger partial charge in [-0.15, -0.1) is 0 Å². The van der Waals surface area contributed by atoms with Crippen LogP contribution in [0, 0.1) is 12.7 Å². The number of anilines is 3. The van der Waals surface area contributed by atoms with Crippen LogP contribution >= 0.6 is 11.6 Å². The van der Waals surface area contributed by atoms with Gasteiger partial charge >= 0.3 is 6.09 Å². The number of amides is 1. The molecule has 0 saturated heterocycles. The largest absolute Gasteiger partial charge is 0.465 e. The smallest absolute Gasteiger partial charge is 0.409 e. The Morgan fingerprint density at radius 3 is 2.65 bits per heavy atom. The summed E-state index contributed by atoms with van der Waals surface area (Å²) in [5, 5.41) is 14.1. The lowest BCUT2D eigenvalue weighted by atomic mass is 10.1. The third-order valence-corrected chi connectivity index (χ3v) is 4.33. The molecule has 0 saturated carbocycles. The van der Waals surface area contributed by atoms with Gasteiger partial charge in [0.15, 0.2) is 0 Å². The van der Waals surface area contributed by atoms with Crippen molar-refractivity contribution in [1.29, 1.82) is 0 Å². The normalized spacial score (nSPS) is 10.8. The Balaban J connectivity index is 2.13. The topological polar surface area (TPSA) is 96.2 Å². The van der Waals surface area contributed by atoms with Gasteiger partial charge in [0.1, 0.15) is 5.82 Å². The first kappa shape index (κ1) is 17.7. The summed E-state index contributed by atoms with van der Waals surface area (Å²) in [6.45, 7) is 1.71. The summed E-state index contributed by atoms with van der Waals surface area (Å²) in [5.74, 6) is -0.662.